The number of hydrogen-bond acceptors (Lipinski definition) is 3. The second-order valence-electron chi connectivity index (χ2n) is 5.66. The maximum Gasteiger partial charge on any atom is 0.231 e. The van der Waals surface area contributed by atoms with Gasteiger partial charge in [0, 0.05) is 19.3 Å². The molecule has 0 aliphatic carbocycles. The lowest BCUT2D eigenvalue weighted by Gasteiger charge is -2.11. The van der Waals surface area contributed by atoms with Crippen molar-refractivity contribution in [3.63, 3.8) is 0 Å². The topological polar surface area (TPSA) is 66.5 Å². The summed E-state index contributed by atoms with van der Waals surface area (Å²) in [5, 5.41) is 0. The molecule has 0 saturated carbocycles. The monoisotopic (exact) mass is 330 g/mol. The van der Waals surface area contributed by atoms with Crippen molar-refractivity contribution >= 4 is 21.6 Å². The maximum atomic E-state index is 12.1. The number of nitrogens with one attached hydrogen (secondary N) is 1. The Kier molecular flexibility index (Phi) is 4.19. The molecule has 6 heteroatoms. The number of amides is 1. The van der Waals surface area contributed by atoms with Crippen LogP contribution in [-0.4, -0.2) is 21.4 Å². The number of hydrogen-bond donors (Lipinski definition) is 1. The summed E-state index contributed by atoms with van der Waals surface area (Å²) in [7, 11) is -1.65. The molecule has 120 valence electrons. The van der Waals surface area contributed by atoms with Crippen LogP contribution in [0.25, 0.3) is 0 Å². The molecule has 0 unspecified atom stereocenters. The second kappa shape index (κ2) is 6.14. The molecular formula is C17H18N2O3S. The lowest BCUT2D eigenvalue weighted by Crippen LogP contribution is -2.24. The molecule has 23 heavy (non-hydrogen) atoms. The highest BCUT2D eigenvalue weighted by Crippen LogP contribution is 2.28. The van der Waals surface area contributed by atoms with Gasteiger partial charge in [0.25, 0.3) is 0 Å². The van der Waals surface area contributed by atoms with Crippen LogP contribution in [0, 0.1) is 0 Å². The van der Waals surface area contributed by atoms with E-state index >= 15 is 0 Å². The van der Waals surface area contributed by atoms with Crippen LogP contribution in [0.3, 0.4) is 0 Å². The Morgan fingerprint density at radius 3 is 2.57 bits per heavy atom. The van der Waals surface area contributed by atoms with Crippen molar-refractivity contribution in [2.24, 2.45) is 0 Å². The Morgan fingerprint density at radius 1 is 1.09 bits per heavy atom. The fraction of sp³-hybridized carbons (Fsp3) is 0.235. The molecule has 0 aromatic heterocycles. The fourth-order valence-electron chi connectivity index (χ4n) is 2.67. The molecule has 2 aromatic carbocycles. The molecule has 2 aromatic rings. The van der Waals surface area contributed by atoms with Crippen LogP contribution in [0.1, 0.15) is 16.7 Å². The number of carbonyl (C=O) groups is 1. The van der Waals surface area contributed by atoms with Crippen molar-refractivity contribution in [1.29, 1.82) is 0 Å². The summed E-state index contributed by atoms with van der Waals surface area (Å²) in [6, 6.07) is 14.7. The zero-order valence-electron chi connectivity index (χ0n) is 12.8. The van der Waals surface area contributed by atoms with E-state index in [9.17, 15) is 13.2 Å². The van der Waals surface area contributed by atoms with E-state index in [2.05, 4.69) is 4.72 Å². The summed E-state index contributed by atoms with van der Waals surface area (Å²) in [5.41, 5.74) is 3.44. The normalized spacial score (nSPS) is 14.1. The zero-order chi connectivity index (χ0) is 16.4. The number of anilines is 1. The van der Waals surface area contributed by atoms with Gasteiger partial charge in [0.05, 0.1) is 12.2 Å². The number of nitrogens with zero attached hydrogens (tertiary/aromatic N) is 1. The van der Waals surface area contributed by atoms with Crippen molar-refractivity contribution in [2.45, 2.75) is 18.7 Å². The first kappa shape index (κ1) is 15.7. The van der Waals surface area contributed by atoms with Crippen LogP contribution in [0.5, 0.6) is 0 Å². The Bertz CT molecular complexity index is 832. The van der Waals surface area contributed by atoms with Crippen molar-refractivity contribution in [1.82, 2.24) is 4.72 Å². The van der Waals surface area contributed by atoms with E-state index in [1.54, 1.807) is 24.1 Å². The average Bonchev–Trinajstić information content (AvgIpc) is 2.80. The predicted octanol–water partition coefficient (Wildman–Crippen LogP) is 1.83. The van der Waals surface area contributed by atoms with E-state index in [0.717, 1.165) is 22.4 Å². The average molecular weight is 330 g/mol. The lowest BCUT2D eigenvalue weighted by molar-refractivity contribution is -0.117. The predicted molar refractivity (Wildman–Crippen MR) is 89.5 cm³/mol. The molecule has 0 saturated heterocycles. The minimum atomic E-state index is -3.40. The first-order valence-electron chi connectivity index (χ1n) is 7.34. The van der Waals surface area contributed by atoms with Crippen LogP contribution in [0.4, 0.5) is 5.69 Å². The van der Waals surface area contributed by atoms with Crippen molar-refractivity contribution < 1.29 is 13.2 Å². The van der Waals surface area contributed by atoms with E-state index < -0.39 is 10.0 Å². The molecule has 1 aliphatic rings. The van der Waals surface area contributed by atoms with Gasteiger partial charge >= 0.3 is 0 Å². The highest BCUT2D eigenvalue weighted by Gasteiger charge is 2.23. The molecule has 3 rings (SSSR count). The number of carbonyl (C=O) groups excluding carboxylic acids is 1. The highest BCUT2D eigenvalue weighted by atomic mass is 32.2. The first-order valence-corrected chi connectivity index (χ1v) is 8.99. The van der Waals surface area contributed by atoms with Gasteiger partial charge in [-0.15, -0.1) is 0 Å². The SMILES string of the molecule is CN1C(=O)Cc2cc(CNS(=O)(=O)Cc3ccccc3)ccc21. The molecule has 0 bridgehead atoms. The van der Waals surface area contributed by atoms with Gasteiger partial charge < -0.3 is 4.90 Å². The summed E-state index contributed by atoms with van der Waals surface area (Å²) in [6.45, 7) is 0.223. The van der Waals surface area contributed by atoms with Gasteiger partial charge in [0.1, 0.15) is 0 Å². The lowest BCUT2D eigenvalue weighted by atomic mass is 10.1. The van der Waals surface area contributed by atoms with E-state index in [4.69, 9.17) is 0 Å². The quantitative estimate of drug-likeness (QED) is 0.909. The Balaban J connectivity index is 1.67. The number of fused-ring (bicyclic) bond motifs is 1. The molecule has 0 radical (unpaired) electrons. The third kappa shape index (κ3) is 3.60. The standard InChI is InChI=1S/C17H18N2O3S/c1-19-16-8-7-14(9-15(16)10-17(19)20)11-18-23(21,22)12-13-5-3-2-4-6-13/h2-9,18H,10-12H2,1H3. The van der Waals surface area contributed by atoms with Gasteiger partial charge in [-0.2, -0.15) is 0 Å². The van der Waals surface area contributed by atoms with Crippen LogP contribution >= 0.6 is 0 Å². The van der Waals surface area contributed by atoms with E-state index in [1.165, 1.54) is 0 Å². The smallest absolute Gasteiger partial charge is 0.231 e. The minimum absolute atomic E-state index is 0.0417. The number of rotatable bonds is 5. The molecule has 1 heterocycles. The van der Waals surface area contributed by atoms with Crippen LogP contribution in [0.15, 0.2) is 48.5 Å². The van der Waals surface area contributed by atoms with Crippen molar-refractivity contribution in [3.05, 3.63) is 65.2 Å². The molecule has 1 amide bonds. The summed E-state index contributed by atoms with van der Waals surface area (Å²) >= 11 is 0. The Hall–Kier alpha value is -2.18. The third-order valence-corrected chi connectivity index (χ3v) is 5.21. The number of sulfonamides is 1. The summed E-state index contributed by atoms with van der Waals surface area (Å²) in [4.78, 5) is 13.3. The van der Waals surface area contributed by atoms with Crippen LogP contribution < -0.4 is 9.62 Å². The van der Waals surface area contributed by atoms with E-state index in [-0.39, 0.29) is 18.2 Å². The maximum absolute atomic E-state index is 12.1. The molecular weight excluding hydrogens is 312 g/mol. The molecule has 1 aliphatic heterocycles. The van der Waals surface area contributed by atoms with Crippen molar-refractivity contribution in [3.8, 4) is 0 Å². The zero-order valence-corrected chi connectivity index (χ0v) is 13.6. The van der Waals surface area contributed by atoms with Gasteiger partial charge in [0.15, 0.2) is 0 Å². The van der Waals surface area contributed by atoms with Gasteiger partial charge in [0.2, 0.25) is 15.9 Å². The highest BCUT2D eigenvalue weighted by molar-refractivity contribution is 7.88. The van der Waals surface area contributed by atoms with Gasteiger partial charge in [-0.05, 0) is 22.8 Å². The summed E-state index contributed by atoms with van der Waals surface area (Å²) in [6.07, 6.45) is 0.371. The Morgan fingerprint density at radius 2 is 1.83 bits per heavy atom. The van der Waals surface area contributed by atoms with Gasteiger partial charge in [-0.25, -0.2) is 13.1 Å². The van der Waals surface area contributed by atoms with Crippen molar-refractivity contribution in [2.75, 3.05) is 11.9 Å². The second-order valence-corrected chi connectivity index (χ2v) is 7.47. The largest absolute Gasteiger partial charge is 0.315 e. The van der Waals surface area contributed by atoms with E-state index in [0.29, 0.717) is 6.42 Å². The molecule has 1 N–H and O–H groups in total. The Labute approximate surface area is 136 Å². The molecule has 0 spiro atoms. The molecule has 5 nitrogen and oxygen atoms in total. The van der Waals surface area contributed by atoms with Crippen LogP contribution in [0.2, 0.25) is 0 Å². The fourth-order valence-corrected chi connectivity index (χ4v) is 3.79. The molecule has 0 fully saturated rings. The molecule has 0 atom stereocenters. The summed E-state index contributed by atoms with van der Waals surface area (Å²) in [5.74, 6) is 0.0156. The first-order chi connectivity index (χ1) is 10.9. The van der Waals surface area contributed by atoms with E-state index in [1.807, 2.05) is 36.4 Å². The summed E-state index contributed by atoms with van der Waals surface area (Å²) < 4.78 is 26.9. The third-order valence-electron chi connectivity index (χ3n) is 3.92. The van der Waals surface area contributed by atoms with Crippen LogP contribution in [-0.2, 0) is 33.5 Å². The van der Waals surface area contributed by atoms with Gasteiger partial charge in [-0.3, -0.25) is 4.79 Å². The minimum Gasteiger partial charge on any atom is -0.315 e. The number of benzene rings is 2. The number of likely N-dealkylation sites (N-methyl/N-ethyl adjacent to an activating group) is 1. The van der Waals surface area contributed by atoms with Gasteiger partial charge in [-0.1, -0.05) is 42.5 Å².